The number of carbonyl (C=O) groups excluding carboxylic acids is 1. The van der Waals surface area contributed by atoms with Gasteiger partial charge in [-0.15, -0.1) is 0 Å². The molecule has 0 saturated heterocycles. The summed E-state index contributed by atoms with van der Waals surface area (Å²) in [6.45, 7) is 3.81. The third-order valence-corrected chi connectivity index (χ3v) is 6.39. The fourth-order valence-electron chi connectivity index (χ4n) is 3.19. The number of rotatable bonds is 4. The van der Waals surface area contributed by atoms with Crippen molar-refractivity contribution in [3.05, 3.63) is 62.7 Å². The maximum atomic E-state index is 13.1. The van der Waals surface area contributed by atoms with Crippen LogP contribution in [0.2, 0.25) is 0 Å². The SMILES string of the molecule is CNS(=O)(=O)c1cc(C(=O)N2CCc3ccc([N+](=O)[O-])cc32)cc(C)c1C. The Hall–Kier alpha value is -2.78. The Morgan fingerprint density at radius 3 is 2.56 bits per heavy atom. The van der Waals surface area contributed by atoms with Gasteiger partial charge in [0.2, 0.25) is 10.0 Å². The molecule has 0 bridgehead atoms. The van der Waals surface area contributed by atoms with Crippen LogP contribution in [0.1, 0.15) is 27.0 Å². The van der Waals surface area contributed by atoms with Crippen molar-refractivity contribution in [1.82, 2.24) is 4.72 Å². The molecule has 0 saturated carbocycles. The number of benzene rings is 2. The van der Waals surface area contributed by atoms with Gasteiger partial charge in [0.05, 0.1) is 15.5 Å². The number of nitrogens with zero attached hydrogens (tertiary/aromatic N) is 2. The van der Waals surface area contributed by atoms with Gasteiger partial charge in [-0.3, -0.25) is 14.9 Å². The van der Waals surface area contributed by atoms with Gasteiger partial charge in [-0.1, -0.05) is 6.07 Å². The van der Waals surface area contributed by atoms with Crippen LogP contribution >= 0.6 is 0 Å². The van der Waals surface area contributed by atoms with Gasteiger partial charge >= 0.3 is 0 Å². The highest BCUT2D eigenvalue weighted by Gasteiger charge is 2.29. The standard InChI is InChI=1S/C18H19N3O5S/c1-11-8-14(9-17(12(11)2)27(25,26)19-3)18(22)20-7-6-13-4-5-15(21(23)24)10-16(13)20/h4-5,8-10,19H,6-7H2,1-3H3. The number of nitro groups is 1. The zero-order valence-corrected chi connectivity index (χ0v) is 16.0. The second-order valence-electron chi connectivity index (χ2n) is 6.40. The molecule has 2 aromatic rings. The number of fused-ring (bicyclic) bond motifs is 1. The Morgan fingerprint density at radius 2 is 1.93 bits per heavy atom. The van der Waals surface area contributed by atoms with Crippen LogP contribution in [0.25, 0.3) is 0 Å². The van der Waals surface area contributed by atoms with Gasteiger partial charge in [0.1, 0.15) is 0 Å². The first kappa shape index (κ1) is 19.0. The first-order valence-electron chi connectivity index (χ1n) is 8.29. The van der Waals surface area contributed by atoms with Crippen LogP contribution in [0.15, 0.2) is 35.2 Å². The minimum absolute atomic E-state index is 0.0480. The summed E-state index contributed by atoms with van der Waals surface area (Å²) in [6.07, 6.45) is 0.589. The van der Waals surface area contributed by atoms with Crippen molar-refractivity contribution in [2.45, 2.75) is 25.2 Å². The number of aryl methyl sites for hydroxylation is 1. The summed E-state index contributed by atoms with van der Waals surface area (Å²) in [7, 11) is -2.41. The molecule has 1 amide bonds. The molecule has 0 spiro atoms. The Labute approximate surface area is 157 Å². The quantitative estimate of drug-likeness (QED) is 0.637. The van der Waals surface area contributed by atoms with E-state index in [0.717, 1.165) is 5.56 Å². The number of anilines is 1. The molecule has 0 atom stereocenters. The minimum atomic E-state index is -3.72. The van der Waals surface area contributed by atoms with Crippen LogP contribution in [0.3, 0.4) is 0 Å². The number of non-ortho nitro benzene ring substituents is 1. The molecular formula is C18H19N3O5S. The lowest BCUT2D eigenvalue weighted by Gasteiger charge is -2.19. The molecule has 0 aliphatic carbocycles. The summed E-state index contributed by atoms with van der Waals surface area (Å²) >= 11 is 0. The summed E-state index contributed by atoms with van der Waals surface area (Å²) < 4.78 is 26.8. The molecule has 2 aromatic carbocycles. The molecule has 0 fully saturated rings. The average Bonchev–Trinajstić information content (AvgIpc) is 3.06. The molecule has 1 N–H and O–H groups in total. The van der Waals surface area contributed by atoms with E-state index in [1.165, 1.54) is 30.1 Å². The summed E-state index contributed by atoms with van der Waals surface area (Å²) in [5.74, 6) is -0.384. The molecule has 8 nitrogen and oxygen atoms in total. The highest BCUT2D eigenvalue weighted by atomic mass is 32.2. The maximum absolute atomic E-state index is 13.1. The van der Waals surface area contributed by atoms with Crippen LogP contribution < -0.4 is 9.62 Å². The Bertz CT molecular complexity index is 1060. The van der Waals surface area contributed by atoms with Crippen molar-refractivity contribution >= 4 is 27.3 Å². The molecule has 0 unspecified atom stereocenters. The van der Waals surface area contributed by atoms with Gasteiger partial charge in [-0.2, -0.15) is 0 Å². The molecule has 0 aromatic heterocycles. The lowest BCUT2D eigenvalue weighted by Crippen LogP contribution is -2.29. The zero-order chi connectivity index (χ0) is 19.9. The number of nitrogens with one attached hydrogen (secondary N) is 1. The van der Waals surface area contributed by atoms with E-state index in [4.69, 9.17) is 0 Å². The highest BCUT2D eigenvalue weighted by Crippen LogP contribution is 2.33. The van der Waals surface area contributed by atoms with Gasteiger partial charge < -0.3 is 4.90 Å². The maximum Gasteiger partial charge on any atom is 0.271 e. The van der Waals surface area contributed by atoms with Crippen molar-refractivity contribution in [3.8, 4) is 0 Å². The summed E-state index contributed by atoms with van der Waals surface area (Å²) in [4.78, 5) is 25.1. The van der Waals surface area contributed by atoms with Gasteiger partial charge in [0.15, 0.2) is 0 Å². The van der Waals surface area contributed by atoms with E-state index < -0.39 is 14.9 Å². The van der Waals surface area contributed by atoms with Gasteiger partial charge in [0.25, 0.3) is 11.6 Å². The minimum Gasteiger partial charge on any atom is -0.307 e. The van der Waals surface area contributed by atoms with Crippen LogP contribution in [0.4, 0.5) is 11.4 Å². The Morgan fingerprint density at radius 1 is 1.22 bits per heavy atom. The number of hydrogen-bond donors (Lipinski definition) is 1. The molecular weight excluding hydrogens is 370 g/mol. The van der Waals surface area contributed by atoms with E-state index in [1.807, 2.05) is 0 Å². The van der Waals surface area contributed by atoms with Gasteiger partial charge in [-0.25, -0.2) is 13.1 Å². The fraction of sp³-hybridized carbons (Fsp3) is 0.278. The Kier molecular flexibility index (Phi) is 4.75. The van der Waals surface area contributed by atoms with Crippen LogP contribution in [0, 0.1) is 24.0 Å². The number of nitro benzene ring substituents is 1. The van der Waals surface area contributed by atoms with Crippen molar-refractivity contribution < 1.29 is 18.1 Å². The zero-order valence-electron chi connectivity index (χ0n) is 15.1. The van der Waals surface area contributed by atoms with Crippen LogP contribution in [-0.2, 0) is 16.4 Å². The number of carbonyl (C=O) groups is 1. The second-order valence-corrected chi connectivity index (χ2v) is 8.26. The number of hydrogen-bond acceptors (Lipinski definition) is 5. The van der Waals surface area contributed by atoms with E-state index in [1.54, 1.807) is 26.0 Å². The van der Waals surface area contributed by atoms with E-state index in [2.05, 4.69) is 4.72 Å². The normalized spacial score (nSPS) is 13.5. The fourth-order valence-corrected chi connectivity index (χ4v) is 4.25. The van der Waals surface area contributed by atoms with Crippen molar-refractivity contribution in [3.63, 3.8) is 0 Å². The third-order valence-electron chi connectivity index (χ3n) is 4.85. The molecule has 1 aliphatic heterocycles. The lowest BCUT2D eigenvalue weighted by molar-refractivity contribution is -0.384. The summed E-state index contributed by atoms with van der Waals surface area (Å²) in [6, 6.07) is 7.44. The molecule has 27 heavy (non-hydrogen) atoms. The van der Waals surface area contributed by atoms with Crippen LogP contribution in [-0.4, -0.2) is 32.8 Å². The molecule has 3 rings (SSSR count). The molecule has 9 heteroatoms. The first-order valence-corrected chi connectivity index (χ1v) is 9.78. The Balaban J connectivity index is 2.07. The number of amides is 1. The highest BCUT2D eigenvalue weighted by molar-refractivity contribution is 7.89. The van der Waals surface area contributed by atoms with E-state index >= 15 is 0 Å². The third kappa shape index (κ3) is 3.31. The summed E-state index contributed by atoms with van der Waals surface area (Å²) in [5.41, 5.74) is 2.72. The molecule has 0 radical (unpaired) electrons. The van der Waals surface area contributed by atoms with E-state index in [0.29, 0.717) is 29.8 Å². The van der Waals surface area contributed by atoms with Crippen LogP contribution in [0.5, 0.6) is 0 Å². The number of sulfonamides is 1. The van der Waals surface area contributed by atoms with Crippen molar-refractivity contribution in [1.29, 1.82) is 0 Å². The second kappa shape index (κ2) is 6.75. The lowest BCUT2D eigenvalue weighted by atomic mass is 10.1. The van der Waals surface area contributed by atoms with Crippen molar-refractivity contribution in [2.75, 3.05) is 18.5 Å². The summed E-state index contributed by atoms with van der Waals surface area (Å²) in [5, 5.41) is 11.0. The topological polar surface area (TPSA) is 110 Å². The molecule has 1 heterocycles. The predicted molar refractivity (Wildman–Crippen MR) is 101 cm³/mol. The van der Waals surface area contributed by atoms with E-state index in [9.17, 15) is 23.3 Å². The van der Waals surface area contributed by atoms with Crippen molar-refractivity contribution in [2.24, 2.45) is 0 Å². The predicted octanol–water partition coefficient (Wildman–Crippen LogP) is 2.32. The molecule has 142 valence electrons. The largest absolute Gasteiger partial charge is 0.307 e. The average molecular weight is 389 g/mol. The monoisotopic (exact) mass is 389 g/mol. The van der Waals surface area contributed by atoms with Gasteiger partial charge in [-0.05, 0) is 56.1 Å². The smallest absolute Gasteiger partial charge is 0.271 e. The first-order chi connectivity index (χ1) is 12.7. The molecule has 1 aliphatic rings. The van der Waals surface area contributed by atoms with Gasteiger partial charge in [0, 0.05) is 24.2 Å². The van der Waals surface area contributed by atoms with E-state index in [-0.39, 0.29) is 22.1 Å².